The third-order valence-corrected chi connectivity index (χ3v) is 4.42. The Morgan fingerprint density at radius 3 is 2.78 bits per heavy atom. The summed E-state index contributed by atoms with van der Waals surface area (Å²) in [5, 5.41) is 5.44. The summed E-state index contributed by atoms with van der Waals surface area (Å²) in [6, 6.07) is 6.99. The van der Waals surface area contributed by atoms with Crippen molar-refractivity contribution in [3.8, 4) is 5.75 Å². The van der Waals surface area contributed by atoms with Crippen LogP contribution in [-0.2, 0) is 11.3 Å². The number of amides is 1. The van der Waals surface area contributed by atoms with Gasteiger partial charge in [0.2, 0.25) is 0 Å². The molecule has 0 radical (unpaired) electrons. The van der Waals surface area contributed by atoms with Crippen molar-refractivity contribution in [2.75, 3.05) is 38.7 Å². The molecule has 1 aromatic heterocycles. The van der Waals surface area contributed by atoms with Gasteiger partial charge in [-0.25, -0.2) is 4.98 Å². The summed E-state index contributed by atoms with van der Waals surface area (Å²) in [5.74, 6) is 0.559. The van der Waals surface area contributed by atoms with Crippen LogP contribution >= 0.6 is 11.3 Å². The normalized spacial score (nSPS) is 15.3. The van der Waals surface area contributed by atoms with Gasteiger partial charge in [0, 0.05) is 30.6 Å². The number of ether oxygens (including phenoxy) is 2. The number of hydrogen-bond acceptors (Lipinski definition) is 6. The van der Waals surface area contributed by atoms with Gasteiger partial charge < -0.3 is 9.47 Å². The molecule has 0 unspecified atom stereocenters. The fraction of sp³-hybridized carbons (Fsp3) is 0.375. The maximum Gasteiger partial charge on any atom is 0.257 e. The number of morpholine rings is 1. The van der Waals surface area contributed by atoms with Crippen LogP contribution in [0.5, 0.6) is 5.75 Å². The molecule has 1 amide bonds. The molecule has 1 aromatic carbocycles. The van der Waals surface area contributed by atoms with E-state index in [1.54, 1.807) is 31.4 Å². The Labute approximate surface area is 139 Å². The molecule has 122 valence electrons. The fourth-order valence-electron chi connectivity index (χ4n) is 2.34. The Bertz CT molecular complexity index is 651. The minimum Gasteiger partial charge on any atom is -0.497 e. The number of benzene rings is 1. The van der Waals surface area contributed by atoms with E-state index in [-0.39, 0.29) is 5.91 Å². The number of thiazole rings is 1. The van der Waals surface area contributed by atoms with Crippen LogP contribution < -0.4 is 10.1 Å². The second-order valence-corrected chi connectivity index (χ2v) is 6.07. The first-order chi connectivity index (χ1) is 11.2. The van der Waals surface area contributed by atoms with E-state index in [9.17, 15) is 4.79 Å². The van der Waals surface area contributed by atoms with Crippen LogP contribution in [-0.4, -0.2) is 49.2 Å². The molecule has 0 spiro atoms. The highest BCUT2D eigenvalue weighted by Gasteiger charge is 2.14. The molecule has 1 aliphatic rings. The minimum absolute atomic E-state index is 0.167. The SMILES string of the molecule is COc1ccc(C(=O)Nc2nc(CN3CCOCC3)cs2)cc1. The minimum atomic E-state index is -0.167. The predicted octanol–water partition coefficient (Wildman–Crippen LogP) is 2.24. The number of nitrogens with one attached hydrogen (secondary N) is 1. The number of rotatable bonds is 5. The maximum absolute atomic E-state index is 12.2. The Hall–Kier alpha value is -1.96. The van der Waals surface area contributed by atoms with Crippen molar-refractivity contribution in [2.45, 2.75) is 6.54 Å². The third kappa shape index (κ3) is 4.28. The first-order valence-electron chi connectivity index (χ1n) is 7.44. The van der Waals surface area contributed by atoms with E-state index in [1.165, 1.54) is 11.3 Å². The van der Waals surface area contributed by atoms with Gasteiger partial charge in [0.05, 0.1) is 26.0 Å². The average molecular weight is 333 g/mol. The number of nitrogens with zero attached hydrogens (tertiary/aromatic N) is 2. The Kier molecular flexibility index (Phi) is 5.22. The molecule has 1 N–H and O–H groups in total. The first kappa shape index (κ1) is 15.9. The van der Waals surface area contributed by atoms with Crippen LogP contribution in [0.1, 0.15) is 16.1 Å². The molecule has 1 fully saturated rings. The van der Waals surface area contributed by atoms with Crippen LogP contribution in [0.15, 0.2) is 29.6 Å². The molecule has 1 aliphatic heterocycles. The fourth-order valence-corrected chi connectivity index (χ4v) is 3.03. The zero-order chi connectivity index (χ0) is 16.1. The second kappa shape index (κ2) is 7.54. The average Bonchev–Trinajstić information content (AvgIpc) is 3.02. The van der Waals surface area contributed by atoms with Crippen molar-refractivity contribution in [1.82, 2.24) is 9.88 Å². The van der Waals surface area contributed by atoms with Crippen LogP contribution in [0, 0.1) is 0 Å². The lowest BCUT2D eigenvalue weighted by Crippen LogP contribution is -2.35. The molecule has 6 nitrogen and oxygen atoms in total. The number of carbonyl (C=O) groups excluding carboxylic acids is 1. The number of hydrogen-bond donors (Lipinski definition) is 1. The largest absolute Gasteiger partial charge is 0.497 e. The molecule has 7 heteroatoms. The molecule has 2 heterocycles. The topological polar surface area (TPSA) is 63.7 Å². The monoisotopic (exact) mass is 333 g/mol. The highest BCUT2D eigenvalue weighted by molar-refractivity contribution is 7.13. The van der Waals surface area contributed by atoms with Crippen molar-refractivity contribution < 1.29 is 14.3 Å². The van der Waals surface area contributed by atoms with Crippen molar-refractivity contribution in [2.24, 2.45) is 0 Å². The molecule has 2 aromatic rings. The number of methoxy groups -OCH3 is 1. The van der Waals surface area contributed by atoms with Crippen LogP contribution in [0.4, 0.5) is 5.13 Å². The van der Waals surface area contributed by atoms with E-state index < -0.39 is 0 Å². The van der Waals surface area contributed by atoms with Crippen LogP contribution in [0.25, 0.3) is 0 Å². The number of carbonyl (C=O) groups is 1. The van der Waals surface area contributed by atoms with E-state index in [2.05, 4.69) is 15.2 Å². The van der Waals surface area contributed by atoms with E-state index >= 15 is 0 Å². The van der Waals surface area contributed by atoms with Gasteiger partial charge in [0.15, 0.2) is 5.13 Å². The summed E-state index contributed by atoms with van der Waals surface area (Å²) in [4.78, 5) is 19.0. The van der Waals surface area contributed by atoms with Gasteiger partial charge in [-0.1, -0.05) is 0 Å². The second-order valence-electron chi connectivity index (χ2n) is 5.22. The lowest BCUT2D eigenvalue weighted by atomic mass is 10.2. The zero-order valence-electron chi connectivity index (χ0n) is 12.9. The predicted molar refractivity (Wildman–Crippen MR) is 89.2 cm³/mol. The van der Waals surface area contributed by atoms with Crippen molar-refractivity contribution >= 4 is 22.4 Å². The smallest absolute Gasteiger partial charge is 0.257 e. The highest BCUT2D eigenvalue weighted by Crippen LogP contribution is 2.19. The van der Waals surface area contributed by atoms with E-state index in [1.807, 2.05) is 5.38 Å². The van der Waals surface area contributed by atoms with Gasteiger partial charge in [0.1, 0.15) is 5.75 Å². The molecule has 0 bridgehead atoms. The zero-order valence-corrected chi connectivity index (χ0v) is 13.8. The van der Waals surface area contributed by atoms with Gasteiger partial charge in [-0.2, -0.15) is 0 Å². The quantitative estimate of drug-likeness (QED) is 0.909. The van der Waals surface area contributed by atoms with Crippen molar-refractivity contribution in [3.05, 3.63) is 40.9 Å². The summed E-state index contributed by atoms with van der Waals surface area (Å²) in [6.45, 7) is 4.17. The Morgan fingerprint density at radius 1 is 1.35 bits per heavy atom. The molecular formula is C16H19N3O3S. The molecule has 0 aliphatic carbocycles. The van der Waals surface area contributed by atoms with Gasteiger partial charge in [0.25, 0.3) is 5.91 Å². The number of anilines is 1. The highest BCUT2D eigenvalue weighted by atomic mass is 32.1. The third-order valence-electron chi connectivity index (χ3n) is 3.61. The van der Waals surface area contributed by atoms with E-state index in [4.69, 9.17) is 9.47 Å². The van der Waals surface area contributed by atoms with Gasteiger partial charge in [-0.05, 0) is 24.3 Å². The Balaban J connectivity index is 1.58. The van der Waals surface area contributed by atoms with Gasteiger partial charge in [-0.3, -0.25) is 15.0 Å². The molecule has 0 saturated carbocycles. The summed E-state index contributed by atoms with van der Waals surface area (Å²) in [7, 11) is 1.60. The lowest BCUT2D eigenvalue weighted by Gasteiger charge is -2.25. The Morgan fingerprint density at radius 2 is 2.09 bits per heavy atom. The molecule has 0 atom stereocenters. The van der Waals surface area contributed by atoms with Crippen molar-refractivity contribution in [3.63, 3.8) is 0 Å². The first-order valence-corrected chi connectivity index (χ1v) is 8.32. The van der Waals surface area contributed by atoms with E-state index in [0.717, 1.165) is 44.3 Å². The summed E-state index contributed by atoms with van der Waals surface area (Å²) in [5.41, 5.74) is 1.55. The molecule has 23 heavy (non-hydrogen) atoms. The summed E-state index contributed by atoms with van der Waals surface area (Å²) >= 11 is 1.44. The molecule has 3 rings (SSSR count). The van der Waals surface area contributed by atoms with Crippen LogP contribution in [0.3, 0.4) is 0 Å². The molecular weight excluding hydrogens is 314 g/mol. The lowest BCUT2D eigenvalue weighted by molar-refractivity contribution is 0.0337. The standard InChI is InChI=1S/C16H19N3O3S/c1-21-14-4-2-12(3-5-14)15(20)18-16-17-13(11-23-16)10-19-6-8-22-9-7-19/h2-5,11H,6-10H2,1H3,(H,17,18,20). The summed E-state index contributed by atoms with van der Waals surface area (Å²) < 4.78 is 10.4. The van der Waals surface area contributed by atoms with E-state index in [0.29, 0.717) is 10.7 Å². The van der Waals surface area contributed by atoms with Gasteiger partial charge >= 0.3 is 0 Å². The molecule has 1 saturated heterocycles. The summed E-state index contributed by atoms with van der Waals surface area (Å²) in [6.07, 6.45) is 0. The van der Waals surface area contributed by atoms with Crippen molar-refractivity contribution in [1.29, 1.82) is 0 Å². The van der Waals surface area contributed by atoms with Crippen LogP contribution in [0.2, 0.25) is 0 Å². The number of aromatic nitrogens is 1. The van der Waals surface area contributed by atoms with Gasteiger partial charge in [-0.15, -0.1) is 11.3 Å². The maximum atomic E-state index is 12.2.